The highest BCUT2D eigenvalue weighted by Crippen LogP contribution is 2.42. The molecule has 5 N–H and O–H groups in total. The van der Waals surface area contributed by atoms with Gasteiger partial charge in [0.1, 0.15) is 10.5 Å². The quantitative estimate of drug-likeness (QED) is 0.723. The molecule has 0 spiro atoms. The molecule has 5 nitrogen and oxygen atoms in total. The Morgan fingerprint density at radius 1 is 1.10 bits per heavy atom. The summed E-state index contributed by atoms with van der Waals surface area (Å²) in [4.78, 5) is 26.5. The van der Waals surface area contributed by atoms with E-state index in [1.807, 2.05) is 12.1 Å². The molecule has 2 aliphatic rings. The monoisotopic (exact) mass is 412 g/mol. The van der Waals surface area contributed by atoms with Crippen molar-refractivity contribution in [3.05, 3.63) is 50.9 Å². The number of thiophene rings is 1. The third kappa shape index (κ3) is 3.71. The van der Waals surface area contributed by atoms with E-state index in [1.54, 1.807) is 0 Å². The van der Waals surface area contributed by atoms with Crippen LogP contribution in [0.3, 0.4) is 0 Å². The first-order chi connectivity index (χ1) is 13.6. The van der Waals surface area contributed by atoms with Gasteiger partial charge in [-0.1, -0.05) is 6.07 Å². The molecule has 1 aliphatic carbocycles. The van der Waals surface area contributed by atoms with E-state index in [-0.39, 0.29) is 17.0 Å². The summed E-state index contributed by atoms with van der Waals surface area (Å²) in [5.41, 5.74) is 10.3. The molecule has 0 atom stereocenters. The number of hydrogen-bond acceptors (Lipinski definition) is 3. The molecule has 2 aromatic rings. The van der Waals surface area contributed by atoms with Crippen LogP contribution in [0, 0.1) is 0 Å². The fourth-order valence-electron chi connectivity index (χ4n) is 5.10. The zero-order valence-corrected chi connectivity index (χ0v) is 18.5. The minimum absolute atomic E-state index is 0.0401. The summed E-state index contributed by atoms with van der Waals surface area (Å²) in [5, 5.41) is 5.91. The Labute approximate surface area is 176 Å². The molecule has 154 valence electrons. The van der Waals surface area contributed by atoms with Gasteiger partial charge in [-0.25, -0.2) is 0 Å². The molecule has 29 heavy (non-hydrogen) atoms. The average molecular weight is 413 g/mol. The SMILES string of the molecule is CC1(C)Cc2c(sc(NC(=O)c3ccc4c(c3)CCCC4)c2C(N)=O)C(C)(C)[NH2+]1. The Morgan fingerprint density at radius 3 is 2.48 bits per heavy atom. The number of benzene rings is 1. The van der Waals surface area contributed by atoms with Crippen molar-refractivity contribution < 1.29 is 14.9 Å². The van der Waals surface area contributed by atoms with Crippen LogP contribution in [0.15, 0.2) is 18.2 Å². The molecule has 0 fully saturated rings. The number of carbonyl (C=O) groups is 2. The summed E-state index contributed by atoms with van der Waals surface area (Å²) in [5.74, 6) is -0.655. The first kappa shape index (κ1) is 20.1. The molecular weight excluding hydrogens is 382 g/mol. The van der Waals surface area contributed by atoms with Gasteiger partial charge < -0.3 is 16.4 Å². The third-order valence-corrected chi connectivity index (χ3v) is 7.55. The van der Waals surface area contributed by atoms with Gasteiger partial charge in [-0.3, -0.25) is 9.59 Å². The maximum Gasteiger partial charge on any atom is 0.256 e. The summed E-state index contributed by atoms with van der Waals surface area (Å²) in [6.45, 7) is 8.66. The minimum Gasteiger partial charge on any atom is -0.365 e. The Bertz CT molecular complexity index is 1000. The van der Waals surface area contributed by atoms with E-state index < -0.39 is 5.91 Å². The van der Waals surface area contributed by atoms with Crippen molar-refractivity contribution in [3.63, 3.8) is 0 Å². The number of quaternary nitrogens is 1. The summed E-state index contributed by atoms with van der Waals surface area (Å²) >= 11 is 1.49. The van der Waals surface area contributed by atoms with E-state index in [0.29, 0.717) is 16.1 Å². The van der Waals surface area contributed by atoms with Gasteiger partial charge in [-0.05, 0) is 82.2 Å². The van der Waals surface area contributed by atoms with Gasteiger partial charge in [-0.15, -0.1) is 11.3 Å². The van der Waals surface area contributed by atoms with Crippen molar-refractivity contribution in [2.45, 2.75) is 70.9 Å². The van der Waals surface area contributed by atoms with Crippen LogP contribution in [0.1, 0.15) is 82.8 Å². The fourth-order valence-corrected chi connectivity index (χ4v) is 6.40. The number of rotatable bonds is 3. The number of fused-ring (bicyclic) bond motifs is 2. The highest BCUT2D eigenvalue weighted by Gasteiger charge is 2.45. The van der Waals surface area contributed by atoms with E-state index in [0.717, 1.165) is 29.7 Å². The van der Waals surface area contributed by atoms with Crippen molar-refractivity contribution in [3.8, 4) is 0 Å². The van der Waals surface area contributed by atoms with E-state index in [4.69, 9.17) is 5.73 Å². The highest BCUT2D eigenvalue weighted by atomic mass is 32.1. The molecule has 6 heteroatoms. The maximum absolute atomic E-state index is 13.0. The van der Waals surface area contributed by atoms with E-state index in [1.165, 1.54) is 35.3 Å². The van der Waals surface area contributed by atoms with E-state index in [2.05, 4.69) is 44.4 Å². The third-order valence-electron chi connectivity index (χ3n) is 6.06. The molecule has 1 aliphatic heterocycles. The molecule has 0 bridgehead atoms. The van der Waals surface area contributed by atoms with Gasteiger partial charge in [0.25, 0.3) is 11.8 Å². The molecule has 2 heterocycles. The first-order valence-corrected chi connectivity index (χ1v) is 11.2. The molecule has 0 saturated carbocycles. The van der Waals surface area contributed by atoms with Crippen LogP contribution in [0.25, 0.3) is 0 Å². The lowest BCUT2D eigenvalue weighted by Gasteiger charge is -2.38. The summed E-state index contributed by atoms with van der Waals surface area (Å²) < 4.78 is 0. The maximum atomic E-state index is 13.0. The van der Waals surface area contributed by atoms with Gasteiger partial charge in [0, 0.05) is 12.0 Å². The molecule has 0 unspecified atom stereocenters. The van der Waals surface area contributed by atoms with Gasteiger partial charge in [0.15, 0.2) is 0 Å². The number of nitrogens with two attached hydrogens (primary N) is 2. The Kier molecular flexibility index (Phi) is 4.82. The number of primary amides is 1. The summed E-state index contributed by atoms with van der Waals surface area (Å²) in [6.07, 6.45) is 5.24. The second-order valence-electron chi connectivity index (χ2n) is 9.65. The Hall–Kier alpha value is -2.18. The van der Waals surface area contributed by atoms with Crippen LogP contribution >= 0.6 is 11.3 Å². The van der Waals surface area contributed by atoms with Crippen LogP contribution < -0.4 is 16.4 Å². The smallest absolute Gasteiger partial charge is 0.256 e. The molecule has 4 rings (SSSR count). The van der Waals surface area contributed by atoms with Gasteiger partial charge in [-0.2, -0.15) is 0 Å². The molecular formula is C23H30N3O2S+. The number of anilines is 1. The number of carbonyl (C=O) groups excluding carboxylic acids is 2. The van der Waals surface area contributed by atoms with Crippen LogP contribution in [0.4, 0.5) is 5.00 Å². The second-order valence-corrected chi connectivity index (χ2v) is 10.7. The van der Waals surface area contributed by atoms with Crippen molar-refractivity contribution in [1.82, 2.24) is 0 Å². The second kappa shape index (κ2) is 6.96. The standard InChI is InChI=1S/C23H29N3O2S/c1-22(2)12-16-17(19(24)27)21(29-18(16)23(3,4)26-22)25-20(28)15-10-9-13-7-5-6-8-14(13)11-15/h9-11,26H,5-8,12H2,1-4H3,(H2,24,27)(H,25,28)/p+1. The largest absolute Gasteiger partial charge is 0.365 e. The molecule has 0 saturated heterocycles. The van der Waals surface area contributed by atoms with Crippen molar-refractivity contribution in [2.24, 2.45) is 5.73 Å². The Morgan fingerprint density at radius 2 is 1.79 bits per heavy atom. The number of aryl methyl sites for hydroxylation is 2. The molecule has 1 aromatic carbocycles. The van der Waals surface area contributed by atoms with Crippen molar-refractivity contribution in [2.75, 3.05) is 5.32 Å². The number of amides is 2. The number of hydrogen-bond donors (Lipinski definition) is 3. The molecule has 0 radical (unpaired) electrons. The number of nitrogens with one attached hydrogen (secondary N) is 1. The van der Waals surface area contributed by atoms with Gasteiger partial charge in [0.2, 0.25) is 0 Å². The van der Waals surface area contributed by atoms with Gasteiger partial charge in [0.05, 0.1) is 16.0 Å². The topological polar surface area (TPSA) is 88.8 Å². The highest BCUT2D eigenvalue weighted by molar-refractivity contribution is 7.17. The normalized spacial score (nSPS) is 19.2. The van der Waals surface area contributed by atoms with Crippen LogP contribution in [-0.4, -0.2) is 17.4 Å². The predicted octanol–water partition coefficient (Wildman–Crippen LogP) is 3.11. The molecule has 1 aromatic heterocycles. The zero-order valence-electron chi connectivity index (χ0n) is 17.6. The predicted molar refractivity (Wildman–Crippen MR) is 117 cm³/mol. The lowest BCUT2D eigenvalue weighted by Crippen LogP contribution is -3.03. The lowest BCUT2D eigenvalue weighted by molar-refractivity contribution is -0.789. The minimum atomic E-state index is -0.475. The average Bonchev–Trinajstić information content (AvgIpc) is 2.98. The molecule has 2 amide bonds. The van der Waals surface area contributed by atoms with Crippen molar-refractivity contribution >= 4 is 28.2 Å². The van der Waals surface area contributed by atoms with Crippen LogP contribution in [-0.2, 0) is 24.8 Å². The van der Waals surface area contributed by atoms with Crippen molar-refractivity contribution in [1.29, 1.82) is 0 Å². The summed E-state index contributed by atoms with van der Waals surface area (Å²) in [7, 11) is 0. The van der Waals surface area contributed by atoms with Crippen LogP contribution in [0.5, 0.6) is 0 Å². The van der Waals surface area contributed by atoms with E-state index >= 15 is 0 Å². The fraction of sp³-hybridized carbons (Fsp3) is 0.478. The lowest BCUT2D eigenvalue weighted by atomic mass is 9.81. The summed E-state index contributed by atoms with van der Waals surface area (Å²) in [6, 6.07) is 5.96. The van der Waals surface area contributed by atoms with Gasteiger partial charge >= 0.3 is 0 Å². The first-order valence-electron chi connectivity index (χ1n) is 10.3. The Balaban J connectivity index is 1.70. The van der Waals surface area contributed by atoms with Crippen LogP contribution in [0.2, 0.25) is 0 Å². The zero-order chi connectivity index (χ0) is 21.0. The van der Waals surface area contributed by atoms with E-state index in [9.17, 15) is 9.59 Å².